The molecule has 4 nitrogen and oxygen atoms in total. The van der Waals surface area contributed by atoms with E-state index in [1.54, 1.807) is 18.3 Å². The van der Waals surface area contributed by atoms with Crippen molar-refractivity contribution in [1.82, 2.24) is 9.97 Å². The number of hydrogen-bond acceptors (Lipinski definition) is 4. The van der Waals surface area contributed by atoms with Crippen LogP contribution in [0.25, 0.3) is 0 Å². The number of pyridine rings is 2. The van der Waals surface area contributed by atoms with Gasteiger partial charge in [0.2, 0.25) is 5.88 Å². The largest absolute Gasteiger partial charge is 0.436 e. The maximum Gasteiger partial charge on any atom is 0.230 e. The van der Waals surface area contributed by atoms with E-state index in [-0.39, 0.29) is 5.78 Å². The van der Waals surface area contributed by atoms with Crippen LogP contribution in [0.3, 0.4) is 0 Å². The van der Waals surface area contributed by atoms with Crippen LogP contribution >= 0.6 is 0 Å². The van der Waals surface area contributed by atoms with Crippen molar-refractivity contribution in [3.8, 4) is 11.6 Å². The van der Waals surface area contributed by atoms with E-state index in [1.165, 1.54) is 6.92 Å². The Morgan fingerprint density at radius 1 is 1.32 bits per heavy atom. The van der Waals surface area contributed by atoms with E-state index in [9.17, 15) is 4.79 Å². The molecule has 0 atom stereocenters. The van der Waals surface area contributed by atoms with Gasteiger partial charge in [0.05, 0.1) is 11.3 Å². The van der Waals surface area contributed by atoms with Gasteiger partial charge in [0, 0.05) is 11.9 Å². The molecular formula is C15H16N2O2. The molecule has 0 aliphatic heterocycles. The molecule has 2 aromatic heterocycles. The third-order valence-electron chi connectivity index (χ3n) is 2.76. The van der Waals surface area contributed by atoms with Crippen LogP contribution in [0, 0.1) is 6.92 Å². The van der Waals surface area contributed by atoms with Crippen molar-refractivity contribution in [2.45, 2.75) is 27.2 Å². The number of aromatic nitrogens is 2. The van der Waals surface area contributed by atoms with Gasteiger partial charge in [-0.2, -0.15) is 0 Å². The Morgan fingerprint density at radius 2 is 2.11 bits per heavy atom. The molecule has 0 unspecified atom stereocenters. The SMILES string of the molecule is CCc1nc(C)ccc1Oc1ncccc1C(C)=O. The van der Waals surface area contributed by atoms with Gasteiger partial charge < -0.3 is 4.74 Å². The molecule has 98 valence electrons. The smallest absolute Gasteiger partial charge is 0.230 e. The Bertz CT molecular complexity index is 609. The summed E-state index contributed by atoms with van der Waals surface area (Å²) in [6.45, 7) is 5.45. The third-order valence-corrected chi connectivity index (χ3v) is 2.76. The zero-order chi connectivity index (χ0) is 13.8. The molecule has 19 heavy (non-hydrogen) atoms. The zero-order valence-corrected chi connectivity index (χ0v) is 11.3. The Labute approximate surface area is 112 Å². The lowest BCUT2D eigenvalue weighted by atomic mass is 10.2. The van der Waals surface area contributed by atoms with Crippen molar-refractivity contribution in [2.75, 3.05) is 0 Å². The Balaban J connectivity index is 2.39. The maximum absolute atomic E-state index is 11.5. The number of carbonyl (C=O) groups is 1. The van der Waals surface area contributed by atoms with E-state index in [2.05, 4.69) is 9.97 Å². The predicted octanol–water partition coefficient (Wildman–Crippen LogP) is 3.34. The third kappa shape index (κ3) is 2.96. The Kier molecular flexibility index (Phi) is 3.90. The van der Waals surface area contributed by atoms with Gasteiger partial charge in [-0.1, -0.05) is 6.92 Å². The van der Waals surface area contributed by atoms with Crippen molar-refractivity contribution >= 4 is 5.78 Å². The van der Waals surface area contributed by atoms with Gasteiger partial charge in [0.25, 0.3) is 0 Å². The average molecular weight is 256 g/mol. The van der Waals surface area contributed by atoms with Crippen molar-refractivity contribution in [3.63, 3.8) is 0 Å². The number of ether oxygens (including phenoxy) is 1. The van der Waals surface area contributed by atoms with Gasteiger partial charge in [0.15, 0.2) is 11.5 Å². The van der Waals surface area contributed by atoms with Crippen molar-refractivity contribution in [2.24, 2.45) is 0 Å². The molecule has 0 bridgehead atoms. The zero-order valence-electron chi connectivity index (χ0n) is 11.3. The van der Waals surface area contributed by atoms with Crippen LogP contribution in [0.4, 0.5) is 0 Å². The number of ketones is 1. The van der Waals surface area contributed by atoms with E-state index < -0.39 is 0 Å². The summed E-state index contributed by atoms with van der Waals surface area (Å²) >= 11 is 0. The standard InChI is InChI=1S/C15H16N2O2/c1-4-13-14(8-7-10(2)17-13)19-15-12(11(3)18)6-5-9-16-15/h5-9H,4H2,1-3H3. The molecule has 2 aromatic rings. The highest BCUT2D eigenvalue weighted by Gasteiger charge is 2.12. The molecule has 0 aliphatic rings. The minimum Gasteiger partial charge on any atom is -0.436 e. The highest BCUT2D eigenvalue weighted by atomic mass is 16.5. The summed E-state index contributed by atoms with van der Waals surface area (Å²) in [5.74, 6) is 0.908. The molecule has 0 amide bonds. The van der Waals surface area contributed by atoms with Gasteiger partial charge in [0.1, 0.15) is 0 Å². The minimum atomic E-state index is -0.0683. The first-order valence-corrected chi connectivity index (χ1v) is 6.22. The second-order valence-electron chi connectivity index (χ2n) is 4.27. The van der Waals surface area contributed by atoms with Crippen molar-refractivity contribution in [1.29, 1.82) is 0 Å². The molecule has 0 aliphatic carbocycles. The highest BCUT2D eigenvalue weighted by Crippen LogP contribution is 2.26. The molecule has 0 spiro atoms. The monoisotopic (exact) mass is 256 g/mol. The Morgan fingerprint density at radius 3 is 2.79 bits per heavy atom. The van der Waals surface area contributed by atoms with Crippen LogP contribution in [0.2, 0.25) is 0 Å². The molecule has 0 saturated carbocycles. The van der Waals surface area contributed by atoms with Crippen molar-refractivity contribution in [3.05, 3.63) is 47.4 Å². The molecule has 0 N–H and O–H groups in total. The van der Waals surface area contributed by atoms with Crippen LogP contribution < -0.4 is 4.74 Å². The van der Waals surface area contributed by atoms with E-state index >= 15 is 0 Å². The number of rotatable bonds is 4. The summed E-state index contributed by atoms with van der Waals surface area (Å²) in [5.41, 5.74) is 2.28. The molecule has 4 heteroatoms. The normalized spacial score (nSPS) is 10.3. The summed E-state index contributed by atoms with van der Waals surface area (Å²) < 4.78 is 5.75. The molecule has 0 radical (unpaired) electrons. The number of hydrogen-bond donors (Lipinski definition) is 0. The summed E-state index contributed by atoms with van der Waals surface area (Å²) in [6, 6.07) is 7.17. The topological polar surface area (TPSA) is 52.1 Å². The molecular weight excluding hydrogens is 240 g/mol. The molecule has 0 aromatic carbocycles. The van der Waals surface area contributed by atoms with Gasteiger partial charge in [-0.05, 0) is 44.5 Å². The second kappa shape index (κ2) is 5.61. The first-order chi connectivity index (χ1) is 9.11. The van der Waals surface area contributed by atoms with E-state index in [1.807, 2.05) is 26.0 Å². The number of aryl methyl sites for hydroxylation is 2. The van der Waals surface area contributed by atoms with Crippen LogP contribution in [0.1, 0.15) is 35.6 Å². The minimum absolute atomic E-state index is 0.0683. The summed E-state index contributed by atoms with van der Waals surface area (Å²) in [4.78, 5) is 20.1. The molecule has 0 saturated heterocycles. The lowest BCUT2D eigenvalue weighted by Gasteiger charge is -2.11. The first kappa shape index (κ1) is 13.2. The van der Waals surface area contributed by atoms with Crippen LogP contribution in [0.5, 0.6) is 11.6 Å². The fourth-order valence-electron chi connectivity index (χ4n) is 1.79. The summed E-state index contributed by atoms with van der Waals surface area (Å²) in [7, 11) is 0. The molecule has 2 rings (SSSR count). The van der Waals surface area contributed by atoms with Crippen molar-refractivity contribution < 1.29 is 9.53 Å². The van der Waals surface area contributed by atoms with Gasteiger partial charge in [-0.3, -0.25) is 9.78 Å². The fourth-order valence-corrected chi connectivity index (χ4v) is 1.79. The van der Waals surface area contributed by atoms with Crippen LogP contribution in [-0.2, 0) is 6.42 Å². The number of nitrogens with zero attached hydrogens (tertiary/aromatic N) is 2. The van der Waals surface area contributed by atoms with Crippen LogP contribution in [0.15, 0.2) is 30.5 Å². The number of carbonyl (C=O) groups excluding carboxylic acids is 1. The Hall–Kier alpha value is -2.23. The van der Waals surface area contributed by atoms with E-state index in [0.717, 1.165) is 17.8 Å². The first-order valence-electron chi connectivity index (χ1n) is 6.22. The molecule has 0 fully saturated rings. The van der Waals surface area contributed by atoms with Gasteiger partial charge in [-0.15, -0.1) is 0 Å². The van der Waals surface area contributed by atoms with Gasteiger partial charge in [-0.25, -0.2) is 4.98 Å². The molecule has 2 heterocycles. The summed E-state index contributed by atoms with van der Waals surface area (Å²) in [5, 5.41) is 0. The lowest BCUT2D eigenvalue weighted by Crippen LogP contribution is -2.01. The quantitative estimate of drug-likeness (QED) is 0.787. The van der Waals surface area contributed by atoms with Gasteiger partial charge >= 0.3 is 0 Å². The van der Waals surface area contributed by atoms with E-state index in [0.29, 0.717) is 17.2 Å². The predicted molar refractivity (Wildman–Crippen MR) is 72.7 cm³/mol. The highest BCUT2D eigenvalue weighted by molar-refractivity contribution is 5.96. The fraction of sp³-hybridized carbons (Fsp3) is 0.267. The summed E-state index contributed by atoms with van der Waals surface area (Å²) in [6.07, 6.45) is 2.37. The maximum atomic E-state index is 11.5. The van der Waals surface area contributed by atoms with E-state index in [4.69, 9.17) is 4.74 Å². The number of Topliss-reactive ketones (excluding diaryl/α,β-unsaturated/α-hetero) is 1. The second-order valence-corrected chi connectivity index (χ2v) is 4.27. The van der Waals surface area contributed by atoms with Crippen LogP contribution in [-0.4, -0.2) is 15.8 Å². The average Bonchev–Trinajstić information content (AvgIpc) is 2.41. The lowest BCUT2D eigenvalue weighted by molar-refractivity contribution is 0.101.